The van der Waals surface area contributed by atoms with Gasteiger partial charge in [-0.05, 0) is 50.2 Å². The number of halogens is 2. The molecule has 2 fully saturated rings. The Morgan fingerprint density at radius 1 is 1.25 bits per heavy atom. The van der Waals surface area contributed by atoms with Crippen LogP contribution in [0.2, 0.25) is 0 Å². The fourth-order valence-corrected chi connectivity index (χ4v) is 4.48. The molecule has 3 atom stereocenters. The van der Waals surface area contributed by atoms with E-state index in [0.29, 0.717) is 12.3 Å². The van der Waals surface area contributed by atoms with Gasteiger partial charge in [-0.3, -0.25) is 4.79 Å². The molecule has 0 bridgehead atoms. The Labute approximate surface area is 179 Å². The fraction of sp³-hybridized carbons (Fsp3) is 0.524. The van der Waals surface area contributed by atoms with E-state index in [0.717, 1.165) is 55.7 Å². The van der Waals surface area contributed by atoms with Gasteiger partial charge >= 0.3 is 0 Å². The normalized spacial score (nSPS) is 23.9. The summed E-state index contributed by atoms with van der Waals surface area (Å²) < 4.78 is 0. The van der Waals surface area contributed by atoms with Gasteiger partial charge in [-0.1, -0.05) is 30.2 Å². The minimum atomic E-state index is 0. The lowest BCUT2D eigenvalue weighted by atomic mass is 9.99. The molecule has 1 unspecified atom stereocenters. The number of rotatable bonds is 4. The number of nitrogens with one attached hydrogen (secondary N) is 1. The molecule has 0 radical (unpaired) electrons. The zero-order valence-corrected chi connectivity index (χ0v) is 17.9. The molecule has 1 aliphatic carbocycles. The molecule has 1 saturated heterocycles. The van der Waals surface area contributed by atoms with Crippen LogP contribution in [-0.2, 0) is 4.79 Å². The lowest BCUT2D eigenvalue weighted by Gasteiger charge is -2.25. The van der Waals surface area contributed by atoms with Crippen molar-refractivity contribution in [3.05, 3.63) is 41.9 Å². The number of nitrogens with zero attached hydrogens (tertiary/aromatic N) is 2. The maximum atomic E-state index is 12.9. The molecular weight excluding hydrogens is 395 g/mol. The van der Waals surface area contributed by atoms with Crippen LogP contribution in [0, 0.1) is 12.8 Å². The van der Waals surface area contributed by atoms with Gasteiger partial charge in [-0.2, -0.15) is 0 Å². The maximum absolute atomic E-state index is 12.9. The van der Waals surface area contributed by atoms with E-state index in [4.69, 9.17) is 5.73 Å². The summed E-state index contributed by atoms with van der Waals surface area (Å²) in [5.41, 5.74) is 9.54. The number of H-pyrrole nitrogens is 1. The van der Waals surface area contributed by atoms with E-state index in [1.165, 1.54) is 5.56 Å². The molecule has 5 nitrogen and oxygen atoms in total. The predicted octanol–water partition coefficient (Wildman–Crippen LogP) is 4.41. The van der Waals surface area contributed by atoms with Gasteiger partial charge in [-0.25, -0.2) is 4.98 Å². The first-order valence-electron chi connectivity index (χ1n) is 9.79. The van der Waals surface area contributed by atoms with Gasteiger partial charge in [0.15, 0.2) is 0 Å². The quantitative estimate of drug-likeness (QED) is 0.762. The number of nitrogens with two attached hydrogens (primary N) is 1. The van der Waals surface area contributed by atoms with Crippen LogP contribution in [0.5, 0.6) is 0 Å². The van der Waals surface area contributed by atoms with Crippen LogP contribution >= 0.6 is 24.8 Å². The number of aryl methyl sites for hydroxylation is 1. The molecular formula is C21H30Cl2N4O. The van der Waals surface area contributed by atoms with Crippen LogP contribution in [-0.4, -0.2) is 33.4 Å². The van der Waals surface area contributed by atoms with E-state index in [9.17, 15) is 4.79 Å². The van der Waals surface area contributed by atoms with Gasteiger partial charge < -0.3 is 15.6 Å². The second-order valence-electron chi connectivity index (χ2n) is 7.86. The average Bonchev–Trinajstić information content (AvgIpc) is 3.35. The molecule has 3 N–H and O–H groups in total. The minimum absolute atomic E-state index is 0. The van der Waals surface area contributed by atoms with Gasteiger partial charge in [0.2, 0.25) is 5.91 Å². The number of benzene rings is 1. The Morgan fingerprint density at radius 2 is 2.07 bits per heavy atom. The predicted molar refractivity (Wildman–Crippen MR) is 117 cm³/mol. The van der Waals surface area contributed by atoms with Crippen LogP contribution in [0.25, 0.3) is 11.3 Å². The Bertz CT molecular complexity index is 794. The van der Waals surface area contributed by atoms with Gasteiger partial charge in [-0.15, -0.1) is 24.8 Å². The number of hydrogen-bond acceptors (Lipinski definition) is 3. The highest BCUT2D eigenvalue weighted by Crippen LogP contribution is 2.34. The van der Waals surface area contributed by atoms with Crippen molar-refractivity contribution in [3.63, 3.8) is 0 Å². The van der Waals surface area contributed by atoms with E-state index >= 15 is 0 Å². The summed E-state index contributed by atoms with van der Waals surface area (Å²) in [5.74, 6) is 1.50. The first-order chi connectivity index (χ1) is 12.6. The average molecular weight is 425 g/mol. The number of aromatic amines is 1. The molecule has 1 saturated carbocycles. The zero-order valence-electron chi connectivity index (χ0n) is 16.3. The molecule has 2 aromatic rings. The molecule has 154 valence electrons. The minimum Gasteiger partial charge on any atom is -0.340 e. The van der Waals surface area contributed by atoms with E-state index in [2.05, 4.69) is 41.2 Å². The molecule has 2 aliphatic rings. The number of hydrogen-bond donors (Lipinski definition) is 2. The Kier molecular flexibility index (Phi) is 7.93. The van der Waals surface area contributed by atoms with E-state index < -0.39 is 0 Å². The Balaban J connectivity index is 0.00000140. The summed E-state index contributed by atoms with van der Waals surface area (Å²) in [7, 11) is 0. The number of likely N-dealkylation sites (tertiary alicyclic amines) is 1. The van der Waals surface area contributed by atoms with Crippen LogP contribution in [0.3, 0.4) is 0 Å². The topological polar surface area (TPSA) is 75.0 Å². The van der Waals surface area contributed by atoms with E-state index in [1.54, 1.807) is 0 Å². The third-order valence-electron chi connectivity index (χ3n) is 5.97. The Morgan fingerprint density at radius 3 is 2.79 bits per heavy atom. The first-order valence-corrected chi connectivity index (χ1v) is 9.79. The molecule has 1 amide bonds. The number of amides is 1. The molecule has 7 heteroatoms. The number of imidazole rings is 1. The van der Waals surface area contributed by atoms with Crippen molar-refractivity contribution in [1.82, 2.24) is 14.9 Å². The fourth-order valence-electron chi connectivity index (χ4n) is 4.48. The summed E-state index contributed by atoms with van der Waals surface area (Å²) in [6.07, 6.45) is 7.78. The van der Waals surface area contributed by atoms with Crippen molar-refractivity contribution in [1.29, 1.82) is 0 Å². The summed E-state index contributed by atoms with van der Waals surface area (Å²) >= 11 is 0. The molecule has 0 spiro atoms. The SMILES string of the molecule is Cc1cccc(-c2cnc(C3CCCN3C(=O)C[C@@H]3CCC[C@H]3N)[nH]2)c1.Cl.Cl. The largest absolute Gasteiger partial charge is 0.340 e. The van der Waals surface area contributed by atoms with Crippen molar-refractivity contribution in [2.45, 2.75) is 57.5 Å². The van der Waals surface area contributed by atoms with Gasteiger partial charge in [0.25, 0.3) is 0 Å². The van der Waals surface area contributed by atoms with Crippen LogP contribution in [0.15, 0.2) is 30.5 Å². The third kappa shape index (κ3) is 4.70. The van der Waals surface area contributed by atoms with Crippen LogP contribution in [0.1, 0.15) is 56.0 Å². The summed E-state index contributed by atoms with van der Waals surface area (Å²) in [6, 6.07) is 8.64. The molecule has 1 aromatic heterocycles. The molecule has 4 rings (SSSR count). The number of carbonyl (C=O) groups excluding carboxylic acids is 1. The number of carbonyl (C=O) groups is 1. The van der Waals surface area contributed by atoms with Crippen molar-refractivity contribution < 1.29 is 4.79 Å². The molecule has 2 heterocycles. The van der Waals surface area contributed by atoms with Crippen molar-refractivity contribution in [2.75, 3.05) is 6.54 Å². The lowest BCUT2D eigenvalue weighted by molar-refractivity contribution is -0.133. The van der Waals surface area contributed by atoms with E-state index in [-0.39, 0.29) is 42.8 Å². The lowest BCUT2D eigenvalue weighted by Crippen LogP contribution is -2.35. The van der Waals surface area contributed by atoms with Crippen molar-refractivity contribution >= 4 is 30.7 Å². The van der Waals surface area contributed by atoms with Gasteiger partial charge in [0, 0.05) is 19.0 Å². The molecule has 28 heavy (non-hydrogen) atoms. The second-order valence-corrected chi connectivity index (χ2v) is 7.86. The maximum Gasteiger partial charge on any atom is 0.223 e. The Hall–Kier alpha value is -1.56. The van der Waals surface area contributed by atoms with Crippen molar-refractivity contribution in [3.8, 4) is 11.3 Å². The smallest absolute Gasteiger partial charge is 0.223 e. The zero-order chi connectivity index (χ0) is 18.1. The molecule has 1 aliphatic heterocycles. The summed E-state index contributed by atoms with van der Waals surface area (Å²) in [6.45, 7) is 2.91. The number of aromatic nitrogens is 2. The second kappa shape index (κ2) is 9.77. The third-order valence-corrected chi connectivity index (χ3v) is 5.97. The highest BCUT2D eigenvalue weighted by atomic mass is 35.5. The first kappa shape index (κ1) is 22.7. The van der Waals surface area contributed by atoms with Gasteiger partial charge in [0.1, 0.15) is 5.82 Å². The summed E-state index contributed by atoms with van der Waals surface area (Å²) in [4.78, 5) is 23.0. The van der Waals surface area contributed by atoms with Crippen LogP contribution < -0.4 is 5.73 Å². The molecule has 1 aromatic carbocycles. The monoisotopic (exact) mass is 424 g/mol. The van der Waals surface area contributed by atoms with Crippen molar-refractivity contribution in [2.24, 2.45) is 11.7 Å². The highest BCUT2D eigenvalue weighted by molar-refractivity contribution is 5.85. The highest BCUT2D eigenvalue weighted by Gasteiger charge is 2.34. The van der Waals surface area contributed by atoms with Crippen LogP contribution in [0.4, 0.5) is 0 Å². The van der Waals surface area contributed by atoms with Gasteiger partial charge in [0.05, 0.1) is 17.9 Å². The van der Waals surface area contributed by atoms with E-state index in [1.807, 2.05) is 11.1 Å². The standard InChI is InChI=1S/C21H28N4O.2ClH/c1-14-5-2-7-16(11-14)18-13-23-21(24-18)19-9-4-10-25(19)20(26)12-15-6-3-8-17(15)22;;/h2,5,7,11,13,15,17,19H,3-4,6,8-10,12,22H2,1H3,(H,23,24);2*1H/t15-,17+,19?;;/m0../s1. The summed E-state index contributed by atoms with van der Waals surface area (Å²) in [5, 5.41) is 0.